The molecule has 120 valence electrons. The fraction of sp³-hybridized carbons (Fsp3) is 0.0952. The molecule has 0 atom stereocenters. The quantitative estimate of drug-likeness (QED) is 0.521. The Balaban J connectivity index is 0.000000526. The molecule has 4 aromatic rings. The molecular weight excluding hydrogens is 300 g/mol. The minimum Gasteiger partial charge on any atom is -0.455 e. The Morgan fingerprint density at radius 2 is 1.54 bits per heavy atom. The number of aliphatic hydroxyl groups excluding tert-OH is 1. The summed E-state index contributed by atoms with van der Waals surface area (Å²) < 4.78 is 6.04. The van der Waals surface area contributed by atoms with Gasteiger partial charge in [-0.05, 0) is 18.4 Å². The molecule has 0 bridgehead atoms. The van der Waals surface area contributed by atoms with Gasteiger partial charge in [-0.15, -0.1) is 0 Å². The van der Waals surface area contributed by atoms with Crippen LogP contribution in [-0.2, 0) is 0 Å². The molecule has 0 fully saturated rings. The third kappa shape index (κ3) is 3.07. The zero-order chi connectivity index (χ0) is 16.9. The number of aliphatic hydroxyl groups is 1. The van der Waals surface area contributed by atoms with Crippen molar-refractivity contribution in [2.45, 2.75) is 6.92 Å². The normalized spacial score (nSPS) is 10.4. The van der Waals surface area contributed by atoms with Crippen molar-refractivity contribution < 1.29 is 9.52 Å². The van der Waals surface area contributed by atoms with Crippen molar-refractivity contribution in [3.63, 3.8) is 0 Å². The van der Waals surface area contributed by atoms with Crippen LogP contribution in [0.5, 0.6) is 0 Å². The third-order valence-corrected chi connectivity index (χ3v) is 3.68. The van der Waals surface area contributed by atoms with Gasteiger partial charge in [0.25, 0.3) is 0 Å². The fourth-order valence-corrected chi connectivity index (χ4v) is 2.63. The lowest BCUT2D eigenvalue weighted by Crippen LogP contribution is -2.00. The first kappa shape index (κ1) is 16.0. The molecule has 0 saturated heterocycles. The largest absolute Gasteiger partial charge is 0.455 e. The summed E-state index contributed by atoms with van der Waals surface area (Å²) in [6.45, 7) is 1.93. The minimum atomic E-state index is -0.0131. The van der Waals surface area contributed by atoms with E-state index in [1.165, 1.54) is 0 Å². The van der Waals surface area contributed by atoms with E-state index in [0.717, 1.165) is 16.3 Å². The molecule has 0 spiro atoms. The Kier molecular flexibility index (Phi) is 4.73. The van der Waals surface area contributed by atoms with Crippen molar-refractivity contribution in [2.24, 2.45) is 0 Å². The molecule has 0 aliphatic carbocycles. The van der Waals surface area contributed by atoms with Crippen molar-refractivity contribution in [2.75, 3.05) is 6.61 Å². The molecule has 3 heteroatoms. The zero-order valence-electron chi connectivity index (χ0n) is 13.4. The average molecular weight is 318 g/mol. The highest BCUT2D eigenvalue weighted by Gasteiger charge is 2.09. The minimum absolute atomic E-state index is 0.0131. The van der Waals surface area contributed by atoms with Gasteiger partial charge >= 0.3 is 0 Å². The SMILES string of the molecule is CCO.O=c1cc(-c2ccccc2)oc2c1ccc1ccccc12. The predicted octanol–water partition coefficient (Wildman–Crippen LogP) is 4.61. The van der Waals surface area contributed by atoms with Crippen LogP contribution in [0.2, 0.25) is 0 Å². The molecule has 1 aromatic heterocycles. The van der Waals surface area contributed by atoms with Crippen molar-refractivity contribution in [1.29, 1.82) is 0 Å². The molecular formula is C21H18O3. The van der Waals surface area contributed by atoms with Gasteiger partial charge in [0, 0.05) is 23.6 Å². The Morgan fingerprint density at radius 3 is 2.29 bits per heavy atom. The standard InChI is InChI=1S/C19H12O2.C2H6O/c20-17-12-18(14-7-2-1-3-8-14)21-19-15-9-5-4-6-13(15)10-11-16(17)19;1-2-3/h1-12H;3H,2H2,1H3. The van der Waals surface area contributed by atoms with Gasteiger partial charge in [0.2, 0.25) is 0 Å². The maximum atomic E-state index is 12.4. The molecule has 1 N–H and O–H groups in total. The summed E-state index contributed by atoms with van der Waals surface area (Å²) in [7, 11) is 0. The Labute approximate surface area is 139 Å². The predicted molar refractivity (Wildman–Crippen MR) is 98.2 cm³/mol. The zero-order valence-corrected chi connectivity index (χ0v) is 13.4. The topological polar surface area (TPSA) is 50.4 Å². The van der Waals surface area contributed by atoms with Crippen LogP contribution in [0.25, 0.3) is 33.1 Å². The number of rotatable bonds is 1. The highest BCUT2D eigenvalue weighted by molar-refractivity contribution is 6.04. The monoisotopic (exact) mass is 318 g/mol. The van der Waals surface area contributed by atoms with Gasteiger partial charge in [-0.1, -0.05) is 60.7 Å². The molecule has 3 aromatic carbocycles. The van der Waals surface area contributed by atoms with Crippen LogP contribution >= 0.6 is 0 Å². The van der Waals surface area contributed by atoms with Crippen molar-refractivity contribution in [3.8, 4) is 11.3 Å². The Hall–Kier alpha value is -2.91. The van der Waals surface area contributed by atoms with Crippen molar-refractivity contribution in [1.82, 2.24) is 0 Å². The number of hydrogen-bond donors (Lipinski definition) is 1. The summed E-state index contributed by atoms with van der Waals surface area (Å²) in [5.74, 6) is 0.601. The summed E-state index contributed by atoms with van der Waals surface area (Å²) in [4.78, 5) is 12.4. The van der Waals surface area contributed by atoms with Gasteiger partial charge in [-0.2, -0.15) is 0 Å². The van der Waals surface area contributed by atoms with E-state index in [0.29, 0.717) is 16.7 Å². The Bertz CT molecular complexity index is 1020. The van der Waals surface area contributed by atoms with Crippen LogP contribution < -0.4 is 5.43 Å². The van der Waals surface area contributed by atoms with Gasteiger partial charge in [-0.3, -0.25) is 4.79 Å². The fourth-order valence-electron chi connectivity index (χ4n) is 2.63. The smallest absolute Gasteiger partial charge is 0.193 e. The molecule has 4 rings (SSSR count). The second-order valence-electron chi connectivity index (χ2n) is 5.32. The van der Waals surface area contributed by atoms with Gasteiger partial charge in [-0.25, -0.2) is 0 Å². The second-order valence-corrected chi connectivity index (χ2v) is 5.32. The first-order valence-corrected chi connectivity index (χ1v) is 7.86. The van der Waals surface area contributed by atoms with Crippen molar-refractivity contribution in [3.05, 3.63) is 83.0 Å². The Morgan fingerprint density at radius 1 is 0.875 bits per heavy atom. The molecule has 0 unspecified atom stereocenters. The van der Waals surface area contributed by atoms with E-state index in [-0.39, 0.29) is 12.0 Å². The number of hydrogen-bond acceptors (Lipinski definition) is 3. The van der Waals surface area contributed by atoms with E-state index < -0.39 is 0 Å². The molecule has 0 aliphatic rings. The van der Waals surface area contributed by atoms with Gasteiger partial charge in [0.05, 0.1) is 5.39 Å². The molecule has 24 heavy (non-hydrogen) atoms. The molecule has 3 nitrogen and oxygen atoms in total. The van der Waals surface area contributed by atoms with E-state index in [1.807, 2.05) is 66.7 Å². The molecule has 0 amide bonds. The average Bonchev–Trinajstić information content (AvgIpc) is 2.63. The van der Waals surface area contributed by atoms with E-state index in [4.69, 9.17) is 9.52 Å². The maximum Gasteiger partial charge on any atom is 0.193 e. The van der Waals surface area contributed by atoms with Crippen LogP contribution in [0.1, 0.15) is 6.92 Å². The summed E-state index contributed by atoms with van der Waals surface area (Å²) in [6, 6.07) is 23.0. The second kappa shape index (κ2) is 7.11. The number of benzene rings is 3. The van der Waals surface area contributed by atoms with Crippen LogP contribution in [-0.4, -0.2) is 11.7 Å². The summed E-state index contributed by atoms with van der Waals surface area (Å²) >= 11 is 0. The summed E-state index contributed by atoms with van der Waals surface area (Å²) in [5, 5.41) is 10.2. The van der Waals surface area contributed by atoms with Crippen molar-refractivity contribution >= 4 is 21.7 Å². The van der Waals surface area contributed by atoms with Gasteiger partial charge < -0.3 is 9.52 Å². The molecule has 0 radical (unpaired) electrons. The lowest BCUT2D eigenvalue weighted by molar-refractivity contribution is 0.318. The highest BCUT2D eigenvalue weighted by atomic mass is 16.3. The van der Waals surface area contributed by atoms with Crippen LogP contribution in [0.4, 0.5) is 0 Å². The maximum absolute atomic E-state index is 12.4. The lowest BCUT2D eigenvalue weighted by Gasteiger charge is -2.06. The molecule has 0 aliphatic heterocycles. The summed E-state index contributed by atoms with van der Waals surface area (Å²) in [6.07, 6.45) is 0. The molecule has 0 saturated carbocycles. The summed E-state index contributed by atoms with van der Waals surface area (Å²) in [5.41, 5.74) is 1.55. The van der Waals surface area contributed by atoms with E-state index in [1.54, 1.807) is 13.0 Å². The van der Waals surface area contributed by atoms with E-state index in [9.17, 15) is 4.79 Å². The lowest BCUT2D eigenvalue weighted by atomic mass is 10.1. The third-order valence-electron chi connectivity index (χ3n) is 3.68. The number of fused-ring (bicyclic) bond motifs is 3. The van der Waals surface area contributed by atoms with Crippen LogP contribution in [0.3, 0.4) is 0 Å². The van der Waals surface area contributed by atoms with Crippen LogP contribution in [0, 0.1) is 0 Å². The van der Waals surface area contributed by atoms with E-state index in [2.05, 4.69) is 0 Å². The highest BCUT2D eigenvalue weighted by Crippen LogP contribution is 2.27. The van der Waals surface area contributed by atoms with Crippen LogP contribution in [0.15, 0.2) is 82.0 Å². The van der Waals surface area contributed by atoms with Gasteiger partial charge in [0.1, 0.15) is 11.3 Å². The van der Waals surface area contributed by atoms with Gasteiger partial charge in [0.15, 0.2) is 5.43 Å². The first-order chi connectivity index (χ1) is 11.7. The molecule has 1 heterocycles. The first-order valence-electron chi connectivity index (χ1n) is 7.86. The van der Waals surface area contributed by atoms with E-state index >= 15 is 0 Å².